The van der Waals surface area contributed by atoms with Crippen molar-refractivity contribution in [3.63, 3.8) is 0 Å². The van der Waals surface area contributed by atoms with Crippen LogP contribution < -0.4 is 15.7 Å². The molecule has 0 amide bonds. The van der Waals surface area contributed by atoms with Crippen LogP contribution in [0.15, 0.2) is 47.5 Å². The highest BCUT2D eigenvalue weighted by Crippen LogP contribution is 2.25. The highest BCUT2D eigenvalue weighted by molar-refractivity contribution is 7.89. The number of rotatable bonds is 10. The second-order valence-electron chi connectivity index (χ2n) is 9.55. The zero-order valence-electron chi connectivity index (χ0n) is 20.9. The third-order valence-electron chi connectivity index (χ3n) is 6.43. The molecule has 0 aliphatic heterocycles. The first-order valence-corrected chi connectivity index (χ1v) is 14.6. The predicted molar refractivity (Wildman–Crippen MR) is 143 cm³/mol. The molecule has 2 N–H and O–H groups in total. The number of hydrogen-bond donors (Lipinski definition) is 2. The number of nitrogens with one attached hydrogen (secondary N) is 2. The van der Waals surface area contributed by atoms with E-state index in [-0.39, 0.29) is 35.4 Å². The number of nitrogens with zero attached hydrogens (tertiary/aromatic N) is 4. The molecule has 200 valence electrons. The largest absolute Gasteiger partial charge is 0.351 e. The van der Waals surface area contributed by atoms with Crippen molar-refractivity contribution in [2.75, 3.05) is 16.9 Å². The number of hydrogen-bond acceptors (Lipinski definition) is 6. The molecule has 0 saturated heterocycles. The summed E-state index contributed by atoms with van der Waals surface area (Å²) >= 11 is 5.62. The number of imidazole rings is 1. The van der Waals surface area contributed by atoms with Gasteiger partial charge in [0, 0.05) is 36.4 Å². The summed E-state index contributed by atoms with van der Waals surface area (Å²) in [6, 6.07) is 7.43. The molecule has 0 atom stereocenters. The number of sulfonamides is 1. The summed E-state index contributed by atoms with van der Waals surface area (Å²) in [5.41, 5.74) is 1.43. The van der Waals surface area contributed by atoms with E-state index in [2.05, 4.69) is 20.0 Å². The SMILES string of the molecule is CC(C)n1cc(-c2ccnc(N[C@H]3CC[C@H](NS(=O)(=O)CCCCl)CC3)n2)n(-c2ccc(F)cc2)c1=O. The molecule has 1 fully saturated rings. The minimum atomic E-state index is -3.32. The molecule has 3 aromatic rings. The Hall–Kier alpha value is -2.76. The minimum Gasteiger partial charge on any atom is -0.351 e. The number of anilines is 1. The standard InChI is InChI=1S/C25H32ClFN6O3S/c1-17(2)32-16-23(33(25(32)34)21-10-4-18(27)5-11-21)22-12-14-28-24(30-22)29-19-6-8-20(9-7-19)31-37(35,36)15-3-13-26/h4-5,10-12,14,16-17,19-20,31H,3,6-9,13,15H2,1-2H3,(H,28,29,30)/t19-,20-. The molecule has 0 spiro atoms. The summed E-state index contributed by atoms with van der Waals surface area (Å²) < 4.78 is 43.8. The number of aromatic nitrogens is 4. The number of alkyl halides is 1. The van der Waals surface area contributed by atoms with E-state index in [1.54, 1.807) is 35.2 Å². The monoisotopic (exact) mass is 550 g/mol. The summed E-state index contributed by atoms with van der Waals surface area (Å²) in [7, 11) is -3.32. The van der Waals surface area contributed by atoms with E-state index in [1.807, 2.05) is 13.8 Å². The van der Waals surface area contributed by atoms with Gasteiger partial charge in [0.15, 0.2) is 0 Å². The Labute approximate surface area is 221 Å². The molecule has 0 unspecified atom stereocenters. The first kappa shape index (κ1) is 27.3. The summed E-state index contributed by atoms with van der Waals surface area (Å²) in [6.07, 6.45) is 6.76. The Morgan fingerprint density at radius 2 is 1.78 bits per heavy atom. The highest BCUT2D eigenvalue weighted by atomic mass is 35.5. The lowest BCUT2D eigenvalue weighted by molar-refractivity contribution is 0.386. The van der Waals surface area contributed by atoms with Crippen LogP contribution in [0.4, 0.5) is 10.3 Å². The van der Waals surface area contributed by atoms with Gasteiger partial charge in [-0.25, -0.2) is 32.3 Å². The maximum atomic E-state index is 13.5. The molecule has 1 aromatic carbocycles. The third kappa shape index (κ3) is 6.77. The van der Waals surface area contributed by atoms with Crippen molar-refractivity contribution < 1.29 is 12.8 Å². The quantitative estimate of drug-likeness (QED) is 0.368. The fourth-order valence-electron chi connectivity index (χ4n) is 4.52. The van der Waals surface area contributed by atoms with E-state index in [0.29, 0.717) is 48.2 Å². The van der Waals surface area contributed by atoms with Gasteiger partial charge in [0.25, 0.3) is 0 Å². The number of halogens is 2. The second kappa shape index (κ2) is 11.7. The molecular formula is C25H32ClFN6O3S. The third-order valence-corrected chi connectivity index (χ3v) is 8.21. The lowest BCUT2D eigenvalue weighted by Gasteiger charge is -2.29. The topological polar surface area (TPSA) is 111 Å². The van der Waals surface area contributed by atoms with Gasteiger partial charge in [-0.15, -0.1) is 11.6 Å². The Morgan fingerprint density at radius 1 is 1.11 bits per heavy atom. The molecule has 1 saturated carbocycles. The van der Waals surface area contributed by atoms with Crippen LogP contribution in [0.3, 0.4) is 0 Å². The molecule has 0 bridgehead atoms. The van der Waals surface area contributed by atoms with Gasteiger partial charge in [0.05, 0.1) is 22.8 Å². The van der Waals surface area contributed by atoms with Crippen LogP contribution in [0.1, 0.15) is 52.0 Å². The highest BCUT2D eigenvalue weighted by Gasteiger charge is 2.25. The van der Waals surface area contributed by atoms with Crippen LogP contribution >= 0.6 is 11.6 Å². The minimum absolute atomic E-state index is 0.0385. The normalized spacial score (nSPS) is 18.3. The number of benzene rings is 1. The first-order valence-electron chi connectivity index (χ1n) is 12.4. The summed E-state index contributed by atoms with van der Waals surface area (Å²) in [6.45, 7) is 3.84. The van der Waals surface area contributed by atoms with E-state index >= 15 is 0 Å². The molecule has 37 heavy (non-hydrogen) atoms. The van der Waals surface area contributed by atoms with Gasteiger partial charge in [-0.2, -0.15) is 0 Å². The Balaban J connectivity index is 1.50. The summed E-state index contributed by atoms with van der Waals surface area (Å²) in [4.78, 5) is 22.2. The van der Waals surface area contributed by atoms with Crippen molar-refractivity contribution >= 4 is 27.6 Å². The molecule has 0 radical (unpaired) electrons. The molecular weight excluding hydrogens is 519 g/mol. The molecule has 1 aliphatic carbocycles. The lowest BCUT2D eigenvalue weighted by atomic mass is 9.92. The van der Waals surface area contributed by atoms with Crippen molar-refractivity contribution in [2.45, 2.75) is 64.1 Å². The summed E-state index contributed by atoms with van der Waals surface area (Å²) in [5.74, 6) is 0.405. The van der Waals surface area contributed by atoms with E-state index in [1.165, 1.54) is 16.7 Å². The average Bonchev–Trinajstić information content (AvgIpc) is 3.22. The molecule has 4 rings (SSSR count). The average molecular weight is 551 g/mol. The zero-order chi connectivity index (χ0) is 26.6. The van der Waals surface area contributed by atoms with Crippen LogP contribution in [0.5, 0.6) is 0 Å². The van der Waals surface area contributed by atoms with Crippen LogP contribution in [-0.4, -0.2) is 51.2 Å². The Bertz CT molecular complexity index is 1370. The smallest absolute Gasteiger partial charge is 0.333 e. The van der Waals surface area contributed by atoms with Crippen LogP contribution in [0.25, 0.3) is 17.1 Å². The zero-order valence-corrected chi connectivity index (χ0v) is 22.5. The van der Waals surface area contributed by atoms with Crippen molar-refractivity contribution in [2.24, 2.45) is 0 Å². The second-order valence-corrected chi connectivity index (χ2v) is 11.8. The van der Waals surface area contributed by atoms with Gasteiger partial charge in [-0.3, -0.25) is 9.13 Å². The fraction of sp³-hybridized carbons (Fsp3) is 0.480. The first-order chi connectivity index (χ1) is 17.7. The van der Waals surface area contributed by atoms with Gasteiger partial charge in [0.1, 0.15) is 5.82 Å². The van der Waals surface area contributed by atoms with Crippen molar-refractivity contribution in [1.82, 2.24) is 23.8 Å². The molecule has 1 aliphatic rings. The van der Waals surface area contributed by atoms with E-state index < -0.39 is 10.0 Å². The molecule has 2 aromatic heterocycles. The Kier molecular flexibility index (Phi) is 8.66. The maximum Gasteiger partial charge on any atom is 0.333 e. The van der Waals surface area contributed by atoms with Gasteiger partial charge < -0.3 is 5.32 Å². The molecule has 2 heterocycles. The summed E-state index contributed by atoms with van der Waals surface area (Å²) in [5, 5.41) is 3.36. The van der Waals surface area contributed by atoms with Crippen molar-refractivity contribution in [1.29, 1.82) is 0 Å². The fourth-order valence-corrected chi connectivity index (χ4v) is 6.20. The lowest BCUT2D eigenvalue weighted by Crippen LogP contribution is -2.41. The molecule has 12 heteroatoms. The van der Waals surface area contributed by atoms with Crippen molar-refractivity contribution in [3.05, 3.63) is 59.0 Å². The van der Waals surface area contributed by atoms with E-state index in [4.69, 9.17) is 11.6 Å². The van der Waals surface area contributed by atoms with Crippen LogP contribution in [0.2, 0.25) is 0 Å². The van der Waals surface area contributed by atoms with Gasteiger partial charge in [0.2, 0.25) is 16.0 Å². The van der Waals surface area contributed by atoms with Crippen LogP contribution in [0, 0.1) is 5.82 Å². The van der Waals surface area contributed by atoms with Gasteiger partial charge in [-0.1, -0.05) is 0 Å². The van der Waals surface area contributed by atoms with Gasteiger partial charge in [-0.05, 0) is 76.3 Å². The van der Waals surface area contributed by atoms with E-state index in [0.717, 1.165) is 12.8 Å². The van der Waals surface area contributed by atoms with Gasteiger partial charge >= 0.3 is 5.69 Å². The Morgan fingerprint density at radius 3 is 2.43 bits per heavy atom. The maximum absolute atomic E-state index is 13.5. The molecule has 9 nitrogen and oxygen atoms in total. The predicted octanol–water partition coefficient (Wildman–Crippen LogP) is 4.09. The van der Waals surface area contributed by atoms with Crippen LogP contribution in [-0.2, 0) is 10.0 Å². The van der Waals surface area contributed by atoms with Crippen molar-refractivity contribution in [3.8, 4) is 17.1 Å². The van der Waals surface area contributed by atoms with E-state index in [9.17, 15) is 17.6 Å².